The van der Waals surface area contributed by atoms with E-state index in [2.05, 4.69) is 10.1 Å². The van der Waals surface area contributed by atoms with Crippen molar-refractivity contribution in [3.63, 3.8) is 0 Å². The second-order valence-corrected chi connectivity index (χ2v) is 5.72. The summed E-state index contributed by atoms with van der Waals surface area (Å²) in [6.07, 6.45) is 0. The molecule has 0 bridgehead atoms. The molecule has 1 saturated heterocycles. The molecule has 0 saturated carbocycles. The fourth-order valence-corrected chi connectivity index (χ4v) is 2.74. The van der Waals surface area contributed by atoms with Crippen LogP contribution in [0.25, 0.3) is 0 Å². The number of benzene rings is 1. The molecule has 1 atom stereocenters. The topological polar surface area (TPSA) is 67.9 Å². The van der Waals surface area contributed by atoms with Crippen LogP contribution < -0.4 is 14.8 Å². The number of alkyl halides is 2. The molecule has 1 aromatic rings. The van der Waals surface area contributed by atoms with Crippen molar-refractivity contribution in [2.45, 2.75) is 26.5 Å². The number of piperazine rings is 1. The largest absolute Gasteiger partial charge is 0.493 e. The second-order valence-electron chi connectivity index (χ2n) is 5.72. The summed E-state index contributed by atoms with van der Waals surface area (Å²) in [5.41, 5.74) is 0.159. The van der Waals surface area contributed by atoms with E-state index in [1.54, 1.807) is 0 Å². The first-order valence-corrected chi connectivity index (χ1v) is 7.56. The lowest BCUT2D eigenvalue weighted by Crippen LogP contribution is -2.59. The van der Waals surface area contributed by atoms with Crippen LogP contribution in [-0.4, -0.2) is 49.6 Å². The highest BCUT2D eigenvalue weighted by molar-refractivity contribution is 5.98. The molecule has 1 unspecified atom stereocenters. The Balaban J connectivity index is 2.32. The van der Waals surface area contributed by atoms with Crippen LogP contribution in [0.1, 0.15) is 24.2 Å². The number of carbonyl (C=O) groups is 2. The third kappa shape index (κ3) is 3.74. The van der Waals surface area contributed by atoms with Crippen molar-refractivity contribution in [2.75, 3.05) is 20.2 Å². The van der Waals surface area contributed by atoms with Crippen LogP contribution in [0.3, 0.4) is 0 Å². The van der Waals surface area contributed by atoms with Crippen molar-refractivity contribution in [3.8, 4) is 11.5 Å². The van der Waals surface area contributed by atoms with Crippen molar-refractivity contribution in [1.29, 1.82) is 0 Å². The number of nitrogens with zero attached hydrogens (tertiary/aromatic N) is 1. The minimum Gasteiger partial charge on any atom is -0.493 e. The predicted molar refractivity (Wildman–Crippen MR) is 82.3 cm³/mol. The lowest BCUT2D eigenvalue weighted by molar-refractivity contribution is -0.129. The van der Waals surface area contributed by atoms with Crippen LogP contribution in [0.4, 0.5) is 8.78 Å². The smallest absolute Gasteiger partial charge is 0.387 e. The summed E-state index contributed by atoms with van der Waals surface area (Å²) in [5, 5.41) is 2.73. The molecule has 0 radical (unpaired) electrons. The predicted octanol–water partition coefficient (Wildman–Crippen LogP) is 1.89. The second kappa shape index (κ2) is 7.46. The van der Waals surface area contributed by atoms with E-state index in [1.165, 1.54) is 30.2 Å². The minimum atomic E-state index is -3.03. The molecule has 132 valence electrons. The van der Waals surface area contributed by atoms with Crippen LogP contribution in [0.15, 0.2) is 18.2 Å². The fourth-order valence-electron chi connectivity index (χ4n) is 2.74. The zero-order valence-electron chi connectivity index (χ0n) is 13.7. The Labute approximate surface area is 138 Å². The highest BCUT2D eigenvalue weighted by Gasteiger charge is 2.35. The van der Waals surface area contributed by atoms with Gasteiger partial charge in [0.25, 0.3) is 5.91 Å². The van der Waals surface area contributed by atoms with Gasteiger partial charge in [0.15, 0.2) is 11.5 Å². The summed E-state index contributed by atoms with van der Waals surface area (Å²) in [7, 11) is 1.32. The van der Waals surface area contributed by atoms with Crippen molar-refractivity contribution < 1.29 is 27.8 Å². The van der Waals surface area contributed by atoms with Gasteiger partial charge in [0, 0.05) is 18.7 Å². The van der Waals surface area contributed by atoms with E-state index in [0.29, 0.717) is 13.1 Å². The lowest BCUT2D eigenvalue weighted by atomic mass is 9.98. The third-order valence-corrected chi connectivity index (χ3v) is 3.78. The molecule has 6 nitrogen and oxygen atoms in total. The van der Waals surface area contributed by atoms with E-state index in [-0.39, 0.29) is 28.9 Å². The molecular formula is C16H20F2N2O4. The number of methoxy groups -OCH3 is 1. The maximum absolute atomic E-state index is 12.8. The molecule has 2 amide bonds. The van der Waals surface area contributed by atoms with Gasteiger partial charge in [-0.1, -0.05) is 13.8 Å². The summed E-state index contributed by atoms with van der Waals surface area (Å²) >= 11 is 0. The van der Waals surface area contributed by atoms with E-state index in [4.69, 9.17) is 4.74 Å². The number of nitrogens with one attached hydrogen (secondary N) is 1. The molecule has 1 N–H and O–H groups in total. The summed E-state index contributed by atoms with van der Waals surface area (Å²) in [6, 6.07) is 3.45. The van der Waals surface area contributed by atoms with Gasteiger partial charge in [0.1, 0.15) is 6.04 Å². The van der Waals surface area contributed by atoms with Gasteiger partial charge in [0.05, 0.1) is 7.11 Å². The van der Waals surface area contributed by atoms with Gasteiger partial charge in [-0.25, -0.2) is 0 Å². The van der Waals surface area contributed by atoms with Gasteiger partial charge >= 0.3 is 6.61 Å². The molecule has 0 aliphatic carbocycles. The molecule has 1 heterocycles. The van der Waals surface area contributed by atoms with Crippen molar-refractivity contribution in [3.05, 3.63) is 23.8 Å². The number of ether oxygens (including phenoxy) is 2. The summed E-state index contributed by atoms with van der Waals surface area (Å²) in [6.45, 7) is 1.35. The van der Waals surface area contributed by atoms with Crippen LogP contribution in [0.2, 0.25) is 0 Å². The molecule has 1 aromatic carbocycles. The van der Waals surface area contributed by atoms with Gasteiger partial charge in [0.2, 0.25) is 5.91 Å². The van der Waals surface area contributed by atoms with Crippen LogP contribution >= 0.6 is 0 Å². The molecule has 1 aliphatic heterocycles. The van der Waals surface area contributed by atoms with E-state index < -0.39 is 18.6 Å². The van der Waals surface area contributed by atoms with Crippen molar-refractivity contribution in [2.24, 2.45) is 5.92 Å². The molecule has 2 rings (SSSR count). The maximum Gasteiger partial charge on any atom is 0.387 e. The number of rotatable bonds is 5. The Morgan fingerprint density at radius 2 is 2.04 bits per heavy atom. The quantitative estimate of drug-likeness (QED) is 0.887. The van der Waals surface area contributed by atoms with E-state index in [0.717, 1.165) is 0 Å². The number of hydrogen-bond donors (Lipinski definition) is 1. The first-order valence-electron chi connectivity index (χ1n) is 7.56. The van der Waals surface area contributed by atoms with Crippen LogP contribution in [-0.2, 0) is 4.79 Å². The number of hydrogen-bond acceptors (Lipinski definition) is 4. The van der Waals surface area contributed by atoms with Gasteiger partial charge in [-0.2, -0.15) is 8.78 Å². The summed E-state index contributed by atoms with van der Waals surface area (Å²) in [4.78, 5) is 26.3. The van der Waals surface area contributed by atoms with E-state index in [1.807, 2.05) is 13.8 Å². The Bertz CT molecular complexity index is 622. The molecule has 1 aliphatic rings. The summed E-state index contributed by atoms with van der Waals surface area (Å²) < 4.78 is 34.4. The van der Waals surface area contributed by atoms with Gasteiger partial charge in [-0.15, -0.1) is 0 Å². The minimum absolute atomic E-state index is 0.0794. The monoisotopic (exact) mass is 342 g/mol. The standard InChI is InChI=1S/C16H20F2N2O4/c1-9(2)13-14(21)19-6-7-20(13)15(22)10-4-5-11(23-3)12(8-10)24-16(17)18/h4-5,8-9,13,16H,6-7H2,1-3H3,(H,19,21). The first kappa shape index (κ1) is 18.0. The average Bonchev–Trinajstić information content (AvgIpc) is 2.53. The zero-order valence-corrected chi connectivity index (χ0v) is 13.7. The SMILES string of the molecule is COc1ccc(C(=O)N2CCNC(=O)C2C(C)C)cc1OC(F)F. The fraction of sp³-hybridized carbons (Fsp3) is 0.500. The number of halogens is 2. The normalized spacial score (nSPS) is 17.9. The number of carbonyl (C=O) groups excluding carboxylic acids is 2. The lowest BCUT2D eigenvalue weighted by Gasteiger charge is -2.37. The van der Waals surface area contributed by atoms with Crippen molar-refractivity contribution in [1.82, 2.24) is 10.2 Å². The molecule has 8 heteroatoms. The average molecular weight is 342 g/mol. The highest BCUT2D eigenvalue weighted by atomic mass is 19.3. The molecule has 1 fully saturated rings. The van der Waals surface area contributed by atoms with Gasteiger partial charge < -0.3 is 19.7 Å². The van der Waals surface area contributed by atoms with Gasteiger partial charge in [-0.3, -0.25) is 9.59 Å². The van der Waals surface area contributed by atoms with E-state index in [9.17, 15) is 18.4 Å². The number of amides is 2. The van der Waals surface area contributed by atoms with Crippen molar-refractivity contribution >= 4 is 11.8 Å². The Morgan fingerprint density at radius 1 is 1.33 bits per heavy atom. The third-order valence-electron chi connectivity index (χ3n) is 3.78. The molecule has 24 heavy (non-hydrogen) atoms. The highest BCUT2D eigenvalue weighted by Crippen LogP contribution is 2.30. The first-order chi connectivity index (χ1) is 11.3. The maximum atomic E-state index is 12.8. The Morgan fingerprint density at radius 3 is 2.62 bits per heavy atom. The molecule has 0 spiro atoms. The van der Waals surface area contributed by atoms with Crippen LogP contribution in [0.5, 0.6) is 11.5 Å². The Kier molecular flexibility index (Phi) is 5.58. The van der Waals surface area contributed by atoms with Crippen LogP contribution in [0, 0.1) is 5.92 Å². The Hall–Kier alpha value is -2.38. The summed E-state index contributed by atoms with van der Waals surface area (Å²) in [5.74, 6) is -0.832. The molecular weight excluding hydrogens is 322 g/mol. The van der Waals surface area contributed by atoms with Gasteiger partial charge in [-0.05, 0) is 24.1 Å². The zero-order chi connectivity index (χ0) is 17.9. The molecule has 0 aromatic heterocycles. The van der Waals surface area contributed by atoms with E-state index >= 15 is 0 Å².